The lowest BCUT2D eigenvalue weighted by atomic mass is 10.1. The van der Waals surface area contributed by atoms with Gasteiger partial charge in [-0.3, -0.25) is 9.48 Å². The third-order valence-electron chi connectivity index (χ3n) is 3.70. The first-order chi connectivity index (χ1) is 10.8. The summed E-state index contributed by atoms with van der Waals surface area (Å²) in [4.78, 5) is 12.0. The Morgan fingerprint density at radius 3 is 2.70 bits per heavy atom. The molecule has 0 unspecified atom stereocenters. The number of carbonyl (C=O) groups is 1. The summed E-state index contributed by atoms with van der Waals surface area (Å²) in [5, 5.41) is 7.10. The molecule has 0 radical (unpaired) electrons. The predicted molar refractivity (Wildman–Crippen MR) is 91.9 cm³/mol. The lowest BCUT2D eigenvalue weighted by Crippen LogP contribution is -2.22. The van der Waals surface area contributed by atoms with Gasteiger partial charge in [-0.25, -0.2) is 0 Å². The predicted octanol–water partition coefficient (Wildman–Crippen LogP) is 3.66. The van der Waals surface area contributed by atoms with Gasteiger partial charge in [0, 0.05) is 6.20 Å². The van der Waals surface area contributed by atoms with E-state index in [2.05, 4.69) is 31.2 Å². The van der Waals surface area contributed by atoms with Crippen LogP contribution in [0.15, 0.2) is 30.6 Å². The topological polar surface area (TPSA) is 56.1 Å². The molecule has 23 heavy (non-hydrogen) atoms. The fourth-order valence-corrected chi connectivity index (χ4v) is 2.11. The number of nitrogens with one attached hydrogen (secondary N) is 1. The quantitative estimate of drug-likeness (QED) is 0.916. The zero-order valence-corrected chi connectivity index (χ0v) is 14.5. The maximum absolute atomic E-state index is 12.0. The standard InChI is InChI=1S/C18H25N3O2/c1-13-7-6-8-16(14(13)2)23-10-9-17(22)20-15-11-19-21(12-15)18(3,4)5/h6-8,11-12H,9-10H2,1-5H3,(H,20,22). The Kier molecular flexibility index (Phi) is 5.08. The van der Waals surface area contributed by atoms with Crippen LogP contribution < -0.4 is 10.1 Å². The first-order valence-corrected chi connectivity index (χ1v) is 7.81. The minimum atomic E-state index is -0.102. The summed E-state index contributed by atoms with van der Waals surface area (Å²) in [6.45, 7) is 10.6. The fraction of sp³-hybridized carbons (Fsp3) is 0.444. The summed E-state index contributed by atoms with van der Waals surface area (Å²) < 4.78 is 7.53. The van der Waals surface area contributed by atoms with Crippen LogP contribution in [0.5, 0.6) is 5.75 Å². The van der Waals surface area contributed by atoms with Crippen LogP contribution in [0.25, 0.3) is 0 Å². The highest BCUT2D eigenvalue weighted by Gasteiger charge is 2.14. The molecule has 0 spiro atoms. The number of rotatable bonds is 5. The molecule has 2 aromatic rings. The first kappa shape index (κ1) is 17.1. The molecule has 0 saturated heterocycles. The summed E-state index contributed by atoms with van der Waals surface area (Å²) in [5.41, 5.74) is 2.90. The fourth-order valence-electron chi connectivity index (χ4n) is 2.11. The van der Waals surface area contributed by atoms with E-state index in [0.717, 1.165) is 11.3 Å². The largest absolute Gasteiger partial charge is 0.493 e. The van der Waals surface area contributed by atoms with Crippen LogP contribution in [0, 0.1) is 13.8 Å². The number of benzene rings is 1. The Balaban J connectivity index is 1.84. The minimum absolute atomic E-state index is 0.0798. The Labute approximate surface area is 137 Å². The Bertz CT molecular complexity index is 684. The van der Waals surface area contributed by atoms with Gasteiger partial charge in [0.05, 0.1) is 30.5 Å². The lowest BCUT2D eigenvalue weighted by molar-refractivity contribution is -0.116. The molecule has 1 aromatic carbocycles. The lowest BCUT2D eigenvalue weighted by Gasteiger charge is -2.18. The second-order valence-corrected chi connectivity index (χ2v) is 6.69. The molecule has 1 N–H and O–H groups in total. The second-order valence-electron chi connectivity index (χ2n) is 6.69. The Morgan fingerprint density at radius 2 is 2.04 bits per heavy atom. The second kappa shape index (κ2) is 6.86. The van der Waals surface area contributed by atoms with E-state index in [1.165, 1.54) is 5.56 Å². The number of carbonyl (C=O) groups excluding carboxylic acids is 1. The van der Waals surface area contributed by atoms with Crippen molar-refractivity contribution in [3.05, 3.63) is 41.7 Å². The van der Waals surface area contributed by atoms with Crippen molar-refractivity contribution in [2.75, 3.05) is 11.9 Å². The number of ether oxygens (including phenoxy) is 1. The maximum Gasteiger partial charge on any atom is 0.227 e. The molecule has 2 rings (SSSR count). The number of anilines is 1. The highest BCUT2D eigenvalue weighted by atomic mass is 16.5. The van der Waals surface area contributed by atoms with Crippen LogP contribution in [0.1, 0.15) is 38.3 Å². The number of aromatic nitrogens is 2. The summed E-state index contributed by atoms with van der Waals surface area (Å²) in [6.07, 6.45) is 3.80. The van der Waals surface area contributed by atoms with E-state index in [-0.39, 0.29) is 11.4 Å². The van der Waals surface area contributed by atoms with Gasteiger partial charge in [-0.1, -0.05) is 12.1 Å². The van der Waals surface area contributed by atoms with E-state index in [1.54, 1.807) is 6.20 Å². The van der Waals surface area contributed by atoms with Crippen molar-refractivity contribution in [3.8, 4) is 5.75 Å². The molecule has 0 atom stereocenters. The van der Waals surface area contributed by atoms with Gasteiger partial charge in [0.2, 0.25) is 5.91 Å². The van der Waals surface area contributed by atoms with Gasteiger partial charge in [0.25, 0.3) is 0 Å². The van der Waals surface area contributed by atoms with Crippen LogP contribution in [-0.2, 0) is 10.3 Å². The molecule has 1 heterocycles. The molecular weight excluding hydrogens is 290 g/mol. The van der Waals surface area contributed by atoms with Gasteiger partial charge < -0.3 is 10.1 Å². The minimum Gasteiger partial charge on any atom is -0.493 e. The molecule has 0 bridgehead atoms. The SMILES string of the molecule is Cc1cccc(OCCC(=O)Nc2cnn(C(C)(C)C)c2)c1C. The third kappa shape index (κ3) is 4.58. The first-order valence-electron chi connectivity index (χ1n) is 7.81. The zero-order valence-electron chi connectivity index (χ0n) is 14.5. The normalized spacial score (nSPS) is 11.3. The molecule has 124 valence electrons. The molecule has 1 aromatic heterocycles. The van der Waals surface area contributed by atoms with E-state index < -0.39 is 0 Å². The molecule has 0 aliphatic carbocycles. The van der Waals surface area contributed by atoms with Crippen molar-refractivity contribution in [3.63, 3.8) is 0 Å². The zero-order chi connectivity index (χ0) is 17.0. The summed E-state index contributed by atoms with van der Waals surface area (Å²) in [6, 6.07) is 5.92. The number of amides is 1. The van der Waals surface area contributed by atoms with E-state index in [0.29, 0.717) is 18.7 Å². The van der Waals surface area contributed by atoms with Gasteiger partial charge in [-0.05, 0) is 51.8 Å². The number of hydrogen-bond donors (Lipinski definition) is 1. The van der Waals surface area contributed by atoms with Gasteiger partial charge >= 0.3 is 0 Å². The maximum atomic E-state index is 12.0. The Morgan fingerprint density at radius 1 is 1.30 bits per heavy atom. The van der Waals surface area contributed by atoms with Crippen molar-refractivity contribution in [2.45, 2.75) is 46.6 Å². The van der Waals surface area contributed by atoms with Gasteiger partial charge in [-0.2, -0.15) is 5.10 Å². The molecule has 0 aliphatic heterocycles. The van der Waals surface area contributed by atoms with Crippen LogP contribution in [0.3, 0.4) is 0 Å². The van der Waals surface area contributed by atoms with Crippen LogP contribution in [0.4, 0.5) is 5.69 Å². The number of nitrogens with zero attached hydrogens (tertiary/aromatic N) is 2. The molecular formula is C18H25N3O2. The van der Waals surface area contributed by atoms with Crippen molar-refractivity contribution in [1.29, 1.82) is 0 Å². The number of aryl methyl sites for hydroxylation is 1. The molecule has 5 heteroatoms. The van der Waals surface area contributed by atoms with Crippen molar-refractivity contribution in [2.24, 2.45) is 0 Å². The Hall–Kier alpha value is -2.30. The monoisotopic (exact) mass is 315 g/mol. The van der Waals surface area contributed by atoms with Gasteiger partial charge in [-0.15, -0.1) is 0 Å². The summed E-state index contributed by atoms with van der Waals surface area (Å²) in [5.74, 6) is 0.752. The molecule has 1 amide bonds. The number of hydrogen-bond acceptors (Lipinski definition) is 3. The van der Waals surface area contributed by atoms with Crippen LogP contribution in [-0.4, -0.2) is 22.3 Å². The van der Waals surface area contributed by atoms with Crippen LogP contribution in [0.2, 0.25) is 0 Å². The van der Waals surface area contributed by atoms with E-state index in [9.17, 15) is 4.79 Å². The molecule has 0 saturated carbocycles. The summed E-state index contributed by atoms with van der Waals surface area (Å²) in [7, 11) is 0. The van der Waals surface area contributed by atoms with Crippen molar-refractivity contribution < 1.29 is 9.53 Å². The molecule has 0 aliphatic rings. The van der Waals surface area contributed by atoms with E-state index in [4.69, 9.17) is 4.74 Å². The average Bonchev–Trinajstić information content (AvgIpc) is 2.92. The highest BCUT2D eigenvalue weighted by molar-refractivity contribution is 5.90. The van der Waals surface area contributed by atoms with Gasteiger partial charge in [0.1, 0.15) is 5.75 Å². The third-order valence-corrected chi connectivity index (χ3v) is 3.70. The van der Waals surface area contributed by atoms with E-state index in [1.807, 2.05) is 42.9 Å². The highest BCUT2D eigenvalue weighted by Crippen LogP contribution is 2.20. The van der Waals surface area contributed by atoms with Crippen molar-refractivity contribution >= 4 is 11.6 Å². The smallest absolute Gasteiger partial charge is 0.227 e. The summed E-state index contributed by atoms with van der Waals surface area (Å²) >= 11 is 0. The molecule has 5 nitrogen and oxygen atoms in total. The van der Waals surface area contributed by atoms with E-state index >= 15 is 0 Å². The van der Waals surface area contributed by atoms with Crippen molar-refractivity contribution in [1.82, 2.24) is 9.78 Å². The van der Waals surface area contributed by atoms with Gasteiger partial charge in [0.15, 0.2) is 0 Å². The van der Waals surface area contributed by atoms with Crippen LogP contribution >= 0.6 is 0 Å². The average molecular weight is 315 g/mol. The molecule has 0 fully saturated rings.